The van der Waals surface area contributed by atoms with E-state index >= 15 is 0 Å². The Hall–Kier alpha value is -2.69. The number of nitrogens with one attached hydrogen (secondary N) is 1. The van der Waals surface area contributed by atoms with Gasteiger partial charge < -0.3 is 5.11 Å². The number of aromatic hydroxyl groups is 1. The van der Waals surface area contributed by atoms with Crippen molar-refractivity contribution in [3.63, 3.8) is 0 Å². The van der Waals surface area contributed by atoms with Gasteiger partial charge in [-0.2, -0.15) is 5.10 Å². The van der Waals surface area contributed by atoms with Crippen LogP contribution in [0, 0.1) is 6.92 Å². The van der Waals surface area contributed by atoms with E-state index in [1.54, 1.807) is 24.4 Å². The van der Waals surface area contributed by atoms with Crippen LogP contribution in [0.1, 0.15) is 34.8 Å². The number of hydrogen-bond acceptors (Lipinski definition) is 4. The monoisotopic (exact) mass is 283 g/mol. The number of hydrazone groups is 1. The molecule has 0 saturated carbocycles. The predicted octanol–water partition coefficient (Wildman–Crippen LogP) is 2.64. The summed E-state index contributed by atoms with van der Waals surface area (Å²) in [5, 5.41) is 14.0. The van der Waals surface area contributed by atoms with Gasteiger partial charge in [-0.3, -0.25) is 9.78 Å². The van der Waals surface area contributed by atoms with Crippen molar-refractivity contribution in [1.82, 2.24) is 10.4 Å². The van der Waals surface area contributed by atoms with Gasteiger partial charge in [-0.05, 0) is 37.6 Å². The fourth-order valence-electron chi connectivity index (χ4n) is 1.89. The Labute approximate surface area is 123 Å². The van der Waals surface area contributed by atoms with Crippen molar-refractivity contribution in [3.05, 3.63) is 59.4 Å². The molecule has 0 aliphatic rings. The number of phenols is 1. The van der Waals surface area contributed by atoms with Gasteiger partial charge in [-0.1, -0.05) is 18.6 Å². The van der Waals surface area contributed by atoms with Crippen LogP contribution in [0.5, 0.6) is 5.75 Å². The summed E-state index contributed by atoms with van der Waals surface area (Å²) < 4.78 is 0. The lowest BCUT2D eigenvalue weighted by Gasteiger charge is -2.08. The van der Waals surface area contributed by atoms with Gasteiger partial charge in [0.2, 0.25) is 0 Å². The SMILES string of the molecule is CC/C(=N\NC(=O)c1cccnc1)c1cc(C)ccc1O. The number of pyridine rings is 1. The molecule has 0 radical (unpaired) electrons. The highest BCUT2D eigenvalue weighted by Crippen LogP contribution is 2.20. The third kappa shape index (κ3) is 3.66. The van der Waals surface area contributed by atoms with E-state index < -0.39 is 0 Å². The Morgan fingerprint density at radius 2 is 2.19 bits per heavy atom. The standard InChI is InChI=1S/C16H17N3O2/c1-3-14(13-9-11(2)6-7-15(13)20)18-19-16(21)12-5-4-8-17-10-12/h4-10,20H,3H2,1-2H3,(H,19,21)/b18-14+. The topological polar surface area (TPSA) is 74.6 Å². The largest absolute Gasteiger partial charge is 0.507 e. The number of phenolic OH excluding ortho intramolecular Hbond substituents is 1. The molecule has 0 atom stereocenters. The molecule has 108 valence electrons. The molecule has 0 spiro atoms. The third-order valence-electron chi connectivity index (χ3n) is 3.01. The van der Waals surface area contributed by atoms with Crippen LogP contribution in [0.2, 0.25) is 0 Å². The van der Waals surface area contributed by atoms with E-state index in [4.69, 9.17) is 0 Å². The maximum absolute atomic E-state index is 11.9. The van der Waals surface area contributed by atoms with E-state index in [1.165, 1.54) is 6.20 Å². The minimum absolute atomic E-state index is 0.150. The molecule has 2 N–H and O–H groups in total. The number of aromatic nitrogens is 1. The van der Waals surface area contributed by atoms with Gasteiger partial charge >= 0.3 is 0 Å². The van der Waals surface area contributed by atoms with Crippen LogP contribution >= 0.6 is 0 Å². The van der Waals surface area contributed by atoms with Gasteiger partial charge in [-0.25, -0.2) is 5.43 Å². The summed E-state index contributed by atoms with van der Waals surface area (Å²) in [7, 11) is 0. The number of carbonyl (C=O) groups is 1. The molecule has 1 aromatic heterocycles. The molecule has 1 amide bonds. The molecule has 2 rings (SSSR count). The fraction of sp³-hybridized carbons (Fsp3) is 0.188. The summed E-state index contributed by atoms with van der Waals surface area (Å²) in [6.07, 6.45) is 3.66. The van der Waals surface area contributed by atoms with Crippen LogP contribution in [0.25, 0.3) is 0 Å². The lowest BCUT2D eigenvalue weighted by molar-refractivity contribution is 0.0954. The molecule has 2 aromatic rings. The first-order valence-electron chi connectivity index (χ1n) is 6.68. The van der Waals surface area contributed by atoms with Crippen molar-refractivity contribution in [1.29, 1.82) is 0 Å². The zero-order valence-electron chi connectivity index (χ0n) is 12.0. The van der Waals surface area contributed by atoms with E-state index in [0.717, 1.165) is 5.56 Å². The number of rotatable bonds is 4. The quantitative estimate of drug-likeness (QED) is 0.669. The molecular weight excluding hydrogens is 266 g/mol. The van der Waals surface area contributed by atoms with Crippen LogP contribution in [0.15, 0.2) is 47.8 Å². The summed E-state index contributed by atoms with van der Waals surface area (Å²) in [4.78, 5) is 15.8. The molecule has 0 aliphatic carbocycles. The van der Waals surface area contributed by atoms with Gasteiger partial charge in [0.1, 0.15) is 5.75 Å². The third-order valence-corrected chi connectivity index (χ3v) is 3.01. The Kier molecular flexibility index (Phi) is 4.66. The van der Waals surface area contributed by atoms with Gasteiger partial charge in [0.05, 0.1) is 11.3 Å². The number of carbonyl (C=O) groups excluding carboxylic acids is 1. The van der Waals surface area contributed by atoms with Crippen molar-refractivity contribution in [2.75, 3.05) is 0 Å². The molecule has 0 fully saturated rings. The predicted molar refractivity (Wildman–Crippen MR) is 81.4 cm³/mol. The van der Waals surface area contributed by atoms with Crippen molar-refractivity contribution in [3.8, 4) is 5.75 Å². The highest BCUT2D eigenvalue weighted by molar-refractivity contribution is 6.04. The molecule has 1 aromatic carbocycles. The van der Waals surface area contributed by atoms with Crippen LogP contribution < -0.4 is 5.43 Å². The lowest BCUT2D eigenvalue weighted by atomic mass is 10.0. The molecule has 5 heteroatoms. The normalized spacial score (nSPS) is 11.2. The Morgan fingerprint density at radius 3 is 2.86 bits per heavy atom. The van der Waals surface area contributed by atoms with Gasteiger partial charge in [0.15, 0.2) is 0 Å². The second-order valence-corrected chi connectivity index (χ2v) is 4.62. The average molecular weight is 283 g/mol. The first-order valence-corrected chi connectivity index (χ1v) is 6.68. The summed E-state index contributed by atoms with van der Waals surface area (Å²) >= 11 is 0. The molecule has 0 aliphatic heterocycles. The lowest BCUT2D eigenvalue weighted by Crippen LogP contribution is -2.20. The van der Waals surface area contributed by atoms with Gasteiger partial charge in [0, 0.05) is 18.0 Å². The Balaban J connectivity index is 2.21. The molecule has 21 heavy (non-hydrogen) atoms. The zero-order valence-corrected chi connectivity index (χ0v) is 12.0. The summed E-state index contributed by atoms with van der Waals surface area (Å²) in [5.41, 5.74) is 5.19. The number of amides is 1. The molecule has 5 nitrogen and oxygen atoms in total. The van der Waals surface area contributed by atoms with Gasteiger partial charge in [0.25, 0.3) is 5.91 Å². The van der Waals surface area contributed by atoms with Crippen molar-refractivity contribution in [2.45, 2.75) is 20.3 Å². The Morgan fingerprint density at radius 1 is 1.38 bits per heavy atom. The molecule has 0 bridgehead atoms. The smallest absolute Gasteiger partial charge is 0.272 e. The summed E-state index contributed by atoms with van der Waals surface area (Å²) in [6, 6.07) is 8.63. The molecular formula is C16H17N3O2. The minimum atomic E-state index is -0.332. The number of hydrogen-bond donors (Lipinski definition) is 2. The van der Waals surface area contributed by atoms with Gasteiger partial charge in [-0.15, -0.1) is 0 Å². The van der Waals surface area contributed by atoms with E-state index in [-0.39, 0.29) is 11.7 Å². The Bertz CT molecular complexity index is 666. The second-order valence-electron chi connectivity index (χ2n) is 4.62. The zero-order chi connectivity index (χ0) is 15.2. The summed E-state index contributed by atoms with van der Waals surface area (Å²) in [6.45, 7) is 3.85. The maximum atomic E-state index is 11.9. The highest BCUT2D eigenvalue weighted by atomic mass is 16.3. The average Bonchev–Trinajstić information content (AvgIpc) is 2.51. The maximum Gasteiger partial charge on any atom is 0.272 e. The van der Waals surface area contributed by atoms with Crippen LogP contribution in [0.3, 0.4) is 0 Å². The van der Waals surface area contributed by atoms with Crippen molar-refractivity contribution in [2.24, 2.45) is 5.10 Å². The number of nitrogens with zero attached hydrogens (tertiary/aromatic N) is 2. The van der Waals surface area contributed by atoms with Crippen LogP contribution in [-0.2, 0) is 0 Å². The first-order chi connectivity index (χ1) is 10.1. The van der Waals surface area contributed by atoms with E-state index in [0.29, 0.717) is 23.3 Å². The van der Waals surface area contributed by atoms with E-state index in [1.807, 2.05) is 26.0 Å². The molecule has 0 saturated heterocycles. The first kappa shape index (κ1) is 14.7. The van der Waals surface area contributed by atoms with Crippen LogP contribution in [-0.4, -0.2) is 21.7 Å². The van der Waals surface area contributed by atoms with E-state index in [9.17, 15) is 9.90 Å². The number of benzene rings is 1. The van der Waals surface area contributed by atoms with Crippen LogP contribution in [0.4, 0.5) is 0 Å². The minimum Gasteiger partial charge on any atom is -0.507 e. The second kappa shape index (κ2) is 6.65. The molecule has 0 unspecified atom stereocenters. The number of aryl methyl sites for hydroxylation is 1. The molecule has 1 heterocycles. The fourth-order valence-corrected chi connectivity index (χ4v) is 1.89. The van der Waals surface area contributed by atoms with Crippen molar-refractivity contribution >= 4 is 11.6 Å². The van der Waals surface area contributed by atoms with Crippen molar-refractivity contribution < 1.29 is 9.90 Å². The summed E-state index contributed by atoms with van der Waals surface area (Å²) in [5.74, 6) is -0.182. The van der Waals surface area contributed by atoms with E-state index in [2.05, 4.69) is 15.5 Å². The highest BCUT2D eigenvalue weighted by Gasteiger charge is 2.09.